The van der Waals surface area contributed by atoms with Crippen molar-refractivity contribution in [3.05, 3.63) is 52.1 Å². The Kier molecular flexibility index (Phi) is 5.17. The molecule has 1 fully saturated rings. The number of thiazole rings is 1. The third kappa shape index (κ3) is 3.64. The number of carbonyl (C=O) groups excluding carboxylic acids is 1. The van der Waals surface area contributed by atoms with Crippen molar-refractivity contribution in [2.75, 3.05) is 11.4 Å². The minimum absolute atomic E-state index is 0.0477. The molecule has 0 unspecified atom stereocenters. The molecule has 5 rings (SSSR count). The van der Waals surface area contributed by atoms with Gasteiger partial charge in [0.05, 0.1) is 0 Å². The summed E-state index contributed by atoms with van der Waals surface area (Å²) in [5.41, 5.74) is 1.01. The zero-order valence-corrected chi connectivity index (χ0v) is 18.4. The first-order valence-corrected chi connectivity index (χ1v) is 11.1. The van der Waals surface area contributed by atoms with E-state index in [0.29, 0.717) is 28.9 Å². The van der Waals surface area contributed by atoms with E-state index in [0.717, 1.165) is 18.4 Å². The number of aryl methyl sites for hydroxylation is 1. The number of nitrogens with zero attached hydrogens (tertiary/aromatic N) is 6. The second-order valence-electron chi connectivity index (χ2n) is 7.65. The van der Waals surface area contributed by atoms with Crippen LogP contribution in [-0.2, 0) is 18.4 Å². The van der Waals surface area contributed by atoms with Gasteiger partial charge < -0.3 is 14.7 Å². The molecule has 32 heavy (non-hydrogen) atoms. The van der Waals surface area contributed by atoms with Gasteiger partial charge >= 0.3 is 0 Å². The molecule has 0 saturated carbocycles. The number of hydrogen-bond donors (Lipinski definition) is 1. The fourth-order valence-electron chi connectivity index (χ4n) is 3.82. The van der Waals surface area contributed by atoms with Gasteiger partial charge in [0.25, 0.3) is 11.4 Å². The quantitative estimate of drug-likeness (QED) is 0.490. The van der Waals surface area contributed by atoms with Crippen molar-refractivity contribution in [1.29, 1.82) is 0 Å². The number of anilines is 1. The van der Waals surface area contributed by atoms with Crippen molar-refractivity contribution in [3.8, 4) is 11.7 Å². The van der Waals surface area contributed by atoms with E-state index in [1.54, 1.807) is 14.0 Å². The van der Waals surface area contributed by atoms with Gasteiger partial charge in [0.2, 0.25) is 11.7 Å². The van der Waals surface area contributed by atoms with Gasteiger partial charge in [-0.2, -0.15) is 4.98 Å². The molecule has 11 heteroatoms. The molecule has 0 radical (unpaired) electrons. The van der Waals surface area contributed by atoms with Crippen LogP contribution in [0.1, 0.15) is 24.2 Å². The van der Waals surface area contributed by atoms with Gasteiger partial charge in [-0.15, -0.1) is 0 Å². The largest absolute Gasteiger partial charge is 0.350 e. The average molecular weight is 452 g/mol. The molecule has 1 amide bonds. The molecule has 1 aromatic carbocycles. The van der Waals surface area contributed by atoms with Gasteiger partial charge in [-0.3, -0.25) is 14.2 Å². The van der Waals surface area contributed by atoms with Crippen LogP contribution in [0.4, 0.5) is 5.13 Å². The Hall–Kier alpha value is -3.60. The molecule has 0 aliphatic carbocycles. The average Bonchev–Trinajstić information content (AvgIpc) is 3.54. The fraction of sp³-hybridized carbons (Fsp3) is 0.333. The van der Waals surface area contributed by atoms with Crippen molar-refractivity contribution in [2.24, 2.45) is 7.05 Å². The van der Waals surface area contributed by atoms with Crippen LogP contribution in [0.3, 0.4) is 0 Å². The molecule has 4 heterocycles. The number of nitrogens with one attached hydrogen (secondary N) is 1. The van der Waals surface area contributed by atoms with Crippen LogP contribution < -0.4 is 15.8 Å². The minimum Gasteiger partial charge on any atom is -0.350 e. The third-order valence-electron chi connectivity index (χ3n) is 5.46. The molecule has 1 N–H and O–H groups in total. The van der Waals surface area contributed by atoms with Crippen molar-refractivity contribution in [1.82, 2.24) is 30.0 Å². The zero-order chi connectivity index (χ0) is 22.2. The summed E-state index contributed by atoms with van der Waals surface area (Å²) in [4.78, 5) is 41.5. The molecule has 1 aliphatic rings. The number of fused-ring (bicyclic) bond motifs is 1. The normalized spacial score (nSPS) is 16.1. The Labute approximate surface area is 186 Å². The monoisotopic (exact) mass is 451 g/mol. The highest BCUT2D eigenvalue weighted by Gasteiger charge is 2.33. The number of hydrogen-bond acceptors (Lipinski definition) is 9. The highest BCUT2D eigenvalue weighted by Crippen LogP contribution is 2.32. The van der Waals surface area contributed by atoms with Gasteiger partial charge in [0.1, 0.15) is 6.04 Å². The molecule has 1 aliphatic heterocycles. The lowest BCUT2D eigenvalue weighted by Gasteiger charge is -2.23. The summed E-state index contributed by atoms with van der Waals surface area (Å²) < 4.78 is 6.55. The van der Waals surface area contributed by atoms with E-state index in [9.17, 15) is 9.59 Å². The lowest BCUT2D eigenvalue weighted by Crippen LogP contribution is -2.43. The molecule has 1 saturated heterocycles. The molecular formula is C21H21N7O3S. The summed E-state index contributed by atoms with van der Waals surface area (Å²) in [6, 6.07) is 9.46. The summed E-state index contributed by atoms with van der Waals surface area (Å²) in [5, 5.41) is 7.40. The van der Waals surface area contributed by atoms with Gasteiger partial charge in [0.15, 0.2) is 21.3 Å². The van der Waals surface area contributed by atoms with Crippen LogP contribution in [0, 0.1) is 6.92 Å². The topological polar surface area (TPSA) is 119 Å². The van der Waals surface area contributed by atoms with E-state index in [-0.39, 0.29) is 34.7 Å². The van der Waals surface area contributed by atoms with Gasteiger partial charge in [-0.05, 0) is 25.3 Å². The maximum absolute atomic E-state index is 12.9. The Morgan fingerprint density at radius 3 is 2.81 bits per heavy atom. The van der Waals surface area contributed by atoms with Crippen molar-refractivity contribution in [3.63, 3.8) is 0 Å². The first kappa shape index (κ1) is 20.3. The summed E-state index contributed by atoms with van der Waals surface area (Å²) in [6.07, 6.45) is 1.60. The molecule has 3 aromatic heterocycles. The predicted molar refractivity (Wildman–Crippen MR) is 119 cm³/mol. The van der Waals surface area contributed by atoms with E-state index in [4.69, 9.17) is 4.52 Å². The van der Waals surface area contributed by atoms with Gasteiger partial charge in [0, 0.05) is 20.1 Å². The Morgan fingerprint density at radius 2 is 2.06 bits per heavy atom. The van der Waals surface area contributed by atoms with Crippen LogP contribution in [-0.4, -0.2) is 43.2 Å². The smallest absolute Gasteiger partial charge is 0.294 e. The van der Waals surface area contributed by atoms with Crippen LogP contribution in [0.5, 0.6) is 0 Å². The molecule has 1 atom stereocenters. The predicted octanol–water partition coefficient (Wildman–Crippen LogP) is 2.03. The van der Waals surface area contributed by atoms with Crippen molar-refractivity contribution < 1.29 is 9.32 Å². The second-order valence-corrected chi connectivity index (χ2v) is 8.61. The van der Waals surface area contributed by atoms with Crippen LogP contribution in [0.25, 0.3) is 22.1 Å². The molecule has 10 nitrogen and oxygen atoms in total. The first-order valence-electron chi connectivity index (χ1n) is 10.3. The van der Waals surface area contributed by atoms with Gasteiger partial charge in [-0.1, -0.05) is 46.8 Å². The maximum atomic E-state index is 12.9. The molecule has 4 aromatic rings. The summed E-state index contributed by atoms with van der Waals surface area (Å²) >= 11 is 1.29. The zero-order valence-electron chi connectivity index (χ0n) is 17.6. The van der Waals surface area contributed by atoms with E-state index in [2.05, 4.69) is 25.4 Å². The minimum atomic E-state index is -0.332. The summed E-state index contributed by atoms with van der Waals surface area (Å²) in [7, 11) is 1.60. The third-order valence-corrected chi connectivity index (χ3v) is 6.45. The van der Waals surface area contributed by atoms with E-state index < -0.39 is 0 Å². The van der Waals surface area contributed by atoms with Crippen LogP contribution in [0.15, 0.2) is 39.6 Å². The number of aromatic nitrogens is 5. The molecular weight excluding hydrogens is 430 g/mol. The summed E-state index contributed by atoms with van der Waals surface area (Å²) in [6.45, 7) is 2.86. The lowest BCUT2D eigenvalue weighted by molar-refractivity contribution is -0.122. The standard InChI is InChI=1S/C21H21N7O3S/c1-12-23-18(31-26-12)16-25-19-15(20(30)27(16)2)24-21(32-19)28-10-6-9-14(28)17(29)22-11-13-7-4-3-5-8-13/h3-5,7-8,14H,6,9-11H2,1-2H3,(H,22,29)/t14-/m1/s1. The Bertz CT molecular complexity index is 1340. The second kappa shape index (κ2) is 8.15. The number of benzene rings is 1. The number of carbonyl (C=O) groups is 1. The van der Waals surface area contributed by atoms with E-state index in [1.807, 2.05) is 35.2 Å². The maximum Gasteiger partial charge on any atom is 0.294 e. The fourth-order valence-corrected chi connectivity index (χ4v) is 4.82. The first-order chi connectivity index (χ1) is 15.5. The highest BCUT2D eigenvalue weighted by molar-refractivity contribution is 7.21. The van der Waals surface area contributed by atoms with Gasteiger partial charge in [-0.25, -0.2) is 9.97 Å². The Morgan fingerprint density at radius 1 is 1.25 bits per heavy atom. The molecule has 0 bridgehead atoms. The number of rotatable bonds is 5. The Balaban J connectivity index is 1.42. The van der Waals surface area contributed by atoms with E-state index in [1.165, 1.54) is 15.9 Å². The SMILES string of the molecule is Cc1noc(-c2nc3sc(N4CCC[C@@H]4C(=O)NCc4ccccc4)nc3c(=O)n2C)n1. The van der Waals surface area contributed by atoms with Crippen molar-refractivity contribution >= 4 is 32.7 Å². The molecule has 164 valence electrons. The van der Waals surface area contributed by atoms with Crippen LogP contribution in [0.2, 0.25) is 0 Å². The molecule has 0 spiro atoms. The van der Waals surface area contributed by atoms with Crippen LogP contribution >= 0.6 is 11.3 Å². The lowest BCUT2D eigenvalue weighted by atomic mass is 10.2. The highest BCUT2D eigenvalue weighted by atomic mass is 32.1. The summed E-state index contributed by atoms with van der Waals surface area (Å²) in [5.74, 6) is 0.879. The van der Waals surface area contributed by atoms with Crippen molar-refractivity contribution in [2.45, 2.75) is 32.4 Å². The number of amides is 1. The van der Waals surface area contributed by atoms with E-state index >= 15 is 0 Å².